The summed E-state index contributed by atoms with van der Waals surface area (Å²) in [6.07, 6.45) is 4.84. The number of amides is 3. The number of benzene rings is 1. The molecule has 0 spiro atoms. The van der Waals surface area contributed by atoms with E-state index in [2.05, 4.69) is 16.2 Å². The fraction of sp³-hybridized carbons (Fsp3) is 0.500. The summed E-state index contributed by atoms with van der Waals surface area (Å²) in [5, 5.41) is 2.70. The lowest BCUT2D eigenvalue weighted by atomic mass is 9.97. The van der Waals surface area contributed by atoms with Crippen molar-refractivity contribution in [1.82, 2.24) is 16.2 Å². The predicted octanol–water partition coefficient (Wildman–Crippen LogP) is 1.70. The van der Waals surface area contributed by atoms with Gasteiger partial charge in [-0.25, -0.2) is 0 Å². The highest BCUT2D eigenvalue weighted by Crippen LogP contribution is 2.27. The highest BCUT2D eigenvalue weighted by atomic mass is 16.2. The summed E-state index contributed by atoms with van der Waals surface area (Å²) >= 11 is 0. The van der Waals surface area contributed by atoms with Gasteiger partial charge in [-0.15, -0.1) is 0 Å². The molecule has 24 heavy (non-hydrogen) atoms. The van der Waals surface area contributed by atoms with Gasteiger partial charge in [0.25, 0.3) is 11.8 Å². The van der Waals surface area contributed by atoms with Crippen LogP contribution in [0.1, 0.15) is 55.5 Å². The smallest absolute Gasteiger partial charge is 0.269 e. The van der Waals surface area contributed by atoms with Crippen molar-refractivity contribution < 1.29 is 14.4 Å². The molecule has 0 aliphatic heterocycles. The third kappa shape index (κ3) is 4.81. The minimum Gasteiger partial charge on any atom is -0.344 e. The van der Waals surface area contributed by atoms with Crippen LogP contribution in [0.5, 0.6) is 0 Å². The van der Waals surface area contributed by atoms with Gasteiger partial charge in [-0.2, -0.15) is 0 Å². The monoisotopic (exact) mass is 331 g/mol. The van der Waals surface area contributed by atoms with E-state index in [1.165, 1.54) is 6.92 Å². The molecule has 1 fully saturated rings. The average molecular weight is 331 g/mol. The SMILES string of the molecule is CCc1ccc(C(=O)NNC(=O)C(NC(C)=O)C2CCCC2)cc1. The number of rotatable bonds is 5. The molecule has 6 heteroatoms. The van der Waals surface area contributed by atoms with Crippen LogP contribution in [0.2, 0.25) is 0 Å². The maximum Gasteiger partial charge on any atom is 0.269 e. The standard InChI is InChI=1S/C18H25N3O3/c1-3-13-8-10-15(11-9-13)17(23)20-21-18(24)16(19-12(2)22)14-6-4-5-7-14/h8-11,14,16H,3-7H2,1-2H3,(H,19,22)(H,20,23)(H,21,24). The van der Waals surface area contributed by atoms with E-state index in [0.29, 0.717) is 5.56 Å². The first-order valence-electron chi connectivity index (χ1n) is 8.47. The van der Waals surface area contributed by atoms with Crippen LogP contribution in [0.4, 0.5) is 0 Å². The lowest BCUT2D eigenvalue weighted by Crippen LogP contribution is -2.54. The van der Waals surface area contributed by atoms with Gasteiger partial charge in [0, 0.05) is 12.5 Å². The van der Waals surface area contributed by atoms with Crippen LogP contribution in [0.15, 0.2) is 24.3 Å². The van der Waals surface area contributed by atoms with Crippen LogP contribution in [-0.2, 0) is 16.0 Å². The molecule has 1 unspecified atom stereocenters. The molecule has 3 N–H and O–H groups in total. The van der Waals surface area contributed by atoms with E-state index in [-0.39, 0.29) is 23.6 Å². The molecule has 2 rings (SSSR count). The number of hydrogen-bond acceptors (Lipinski definition) is 3. The van der Waals surface area contributed by atoms with Gasteiger partial charge < -0.3 is 5.32 Å². The fourth-order valence-electron chi connectivity index (χ4n) is 3.07. The first kappa shape index (κ1) is 18.0. The van der Waals surface area contributed by atoms with Crippen molar-refractivity contribution in [2.75, 3.05) is 0 Å². The van der Waals surface area contributed by atoms with E-state index in [4.69, 9.17) is 0 Å². The Balaban J connectivity index is 1.93. The zero-order valence-corrected chi connectivity index (χ0v) is 14.2. The summed E-state index contributed by atoms with van der Waals surface area (Å²) < 4.78 is 0. The van der Waals surface area contributed by atoms with Crippen LogP contribution >= 0.6 is 0 Å². The third-order valence-electron chi connectivity index (χ3n) is 4.44. The van der Waals surface area contributed by atoms with Crippen LogP contribution in [-0.4, -0.2) is 23.8 Å². The molecule has 0 aromatic heterocycles. The Labute approximate surface area is 142 Å². The Hall–Kier alpha value is -2.37. The Kier molecular flexibility index (Phi) is 6.35. The van der Waals surface area contributed by atoms with E-state index in [9.17, 15) is 14.4 Å². The molecule has 1 aliphatic rings. The molecule has 0 radical (unpaired) electrons. The second-order valence-corrected chi connectivity index (χ2v) is 6.22. The van der Waals surface area contributed by atoms with Crippen molar-refractivity contribution in [3.8, 4) is 0 Å². The summed E-state index contributed by atoms with van der Waals surface area (Å²) in [4.78, 5) is 35.8. The summed E-state index contributed by atoms with van der Waals surface area (Å²) in [6.45, 7) is 3.43. The highest BCUT2D eigenvalue weighted by Gasteiger charge is 2.31. The minimum atomic E-state index is -0.604. The van der Waals surface area contributed by atoms with Gasteiger partial charge in [-0.05, 0) is 42.9 Å². The van der Waals surface area contributed by atoms with Crippen LogP contribution in [0.3, 0.4) is 0 Å². The summed E-state index contributed by atoms with van der Waals surface area (Å²) in [6, 6.07) is 6.61. The van der Waals surface area contributed by atoms with Gasteiger partial charge in [0.15, 0.2) is 0 Å². The molecule has 130 valence electrons. The zero-order chi connectivity index (χ0) is 17.5. The predicted molar refractivity (Wildman–Crippen MR) is 91.0 cm³/mol. The number of hydrazine groups is 1. The van der Waals surface area contributed by atoms with Gasteiger partial charge in [0.2, 0.25) is 5.91 Å². The molecule has 1 aromatic rings. The Morgan fingerprint density at radius 2 is 1.71 bits per heavy atom. The summed E-state index contributed by atoms with van der Waals surface area (Å²) in [7, 11) is 0. The number of carbonyl (C=O) groups is 3. The molecule has 3 amide bonds. The van der Waals surface area contributed by atoms with E-state index in [0.717, 1.165) is 37.7 Å². The Bertz CT molecular complexity index is 592. The maximum atomic E-state index is 12.4. The highest BCUT2D eigenvalue weighted by molar-refractivity contribution is 5.96. The molecular weight excluding hydrogens is 306 g/mol. The molecule has 1 saturated carbocycles. The Morgan fingerprint density at radius 1 is 1.08 bits per heavy atom. The lowest BCUT2D eigenvalue weighted by molar-refractivity contribution is -0.129. The van der Waals surface area contributed by atoms with E-state index >= 15 is 0 Å². The molecule has 1 aromatic carbocycles. The number of aryl methyl sites for hydroxylation is 1. The van der Waals surface area contributed by atoms with Gasteiger partial charge in [-0.1, -0.05) is 31.9 Å². The zero-order valence-electron chi connectivity index (χ0n) is 14.2. The first-order valence-corrected chi connectivity index (χ1v) is 8.47. The lowest BCUT2D eigenvalue weighted by Gasteiger charge is -2.23. The first-order chi connectivity index (χ1) is 11.5. The third-order valence-corrected chi connectivity index (χ3v) is 4.44. The van der Waals surface area contributed by atoms with Crippen molar-refractivity contribution in [3.05, 3.63) is 35.4 Å². The number of carbonyl (C=O) groups excluding carboxylic acids is 3. The maximum absolute atomic E-state index is 12.4. The van der Waals surface area contributed by atoms with Gasteiger partial charge >= 0.3 is 0 Å². The van der Waals surface area contributed by atoms with E-state index < -0.39 is 6.04 Å². The van der Waals surface area contributed by atoms with Crippen molar-refractivity contribution in [1.29, 1.82) is 0 Å². The molecule has 6 nitrogen and oxygen atoms in total. The van der Waals surface area contributed by atoms with Crippen LogP contribution in [0, 0.1) is 5.92 Å². The van der Waals surface area contributed by atoms with Crippen LogP contribution in [0.25, 0.3) is 0 Å². The van der Waals surface area contributed by atoms with Crippen molar-refractivity contribution in [2.45, 2.75) is 52.0 Å². The van der Waals surface area contributed by atoms with E-state index in [1.807, 2.05) is 19.1 Å². The quantitative estimate of drug-likeness (QED) is 0.718. The summed E-state index contributed by atoms with van der Waals surface area (Å²) in [5.74, 6) is -0.882. The van der Waals surface area contributed by atoms with Crippen molar-refractivity contribution >= 4 is 17.7 Å². The summed E-state index contributed by atoms with van der Waals surface area (Å²) in [5.41, 5.74) is 6.48. The van der Waals surface area contributed by atoms with Gasteiger partial charge in [0.1, 0.15) is 6.04 Å². The fourth-order valence-corrected chi connectivity index (χ4v) is 3.07. The molecule has 1 aliphatic carbocycles. The molecular formula is C18H25N3O3. The normalized spacial score (nSPS) is 15.6. The van der Waals surface area contributed by atoms with E-state index in [1.54, 1.807) is 12.1 Å². The topological polar surface area (TPSA) is 87.3 Å². The molecule has 0 heterocycles. The largest absolute Gasteiger partial charge is 0.344 e. The van der Waals surface area contributed by atoms with Gasteiger partial charge in [0.05, 0.1) is 0 Å². The second-order valence-electron chi connectivity index (χ2n) is 6.22. The number of hydrogen-bond donors (Lipinski definition) is 3. The molecule has 0 bridgehead atoms. The number of nitrogens with one attached hydrogen (secondary N) is 3. The second kappa shape index (κ2) is 8.47. The molecule has 0 saturated heterocycles. The molecule has 1 atom stereocenters. The van der Waals surface area contributed by atoms with Crippen molar-refractivity contribution in [3.63, 3.8) is 0 Å². The average Bonchev–Trinajstić information content (AvgIpc) is 3.11. The minimum absolute atomic E-state index is 0.120. The Morgan fingerprint density at radius 3 is 2.25 bits per heavy atom. The van der Waals surface area contributed by atoms with Gasteiger partial charge in [-0.3, -0.25) is 25.2 Å². The van der Waals surface area contributed by atoms with Crippen LogP contribution < -0.4 is 16.2 Å². The van der Waals surface area contributed by atoms with Crippen molar-refractivity contribution in [2.24, 2.45) is 5.92 Å².